The number of hydrogen-bond acceptors (Lipinski definition) is 7. The Labute approximate surface area is 215 Å². The zero-order chi connectivity index (χ0) is 26.0. The molecule has 4 rings (SSSR count). The summed E-state index contributed by atoms with van der Waals surface area (Å²) >= 11 is 6.45. The van der Waals surface area contributed by atoms with Crippen LogP contribution < -0.4 is 4.90 Å². The number of carbonyl (C=O) groups excluding carboxylic acids is 2. The number of nitrogens with zero attached hydrogens (tertiary/aromatic N) is 5. The van der Waals surface area contributed by atoms with E-state index >= 15 is 0 Å². The fraction of sp³-hybridized carbons (Fsp3) is 0.462. The molecular formula is C26H30ClN5O4. The van der Waals surface area contributed by atoms with Crippen molar-refractivity contribution in [2.24, 2.45) is 0 Å². The molecule has 1 N–H and O–H groups in total. The molecule has 0 saturated carbocycles. The summed E-state index contributed by atoms with van der Waals surface area (Å²) in [6.45, 7) is 8.34. The smallest absolute Gasteiger partial charge is 0.410 e. The molecular weight excluding hydrogens is 482 g/mol. The molecule has 3 heterocycles. The van der Waals surface area contributed by atoms with Crippen molar-refractivity contribution in [2.45, 2.75) is 38.9 Å². The molecule has 2 saturated heterocycles. The fourth-order valence-electron chi connectivity index (χ4n) is 4.34. The summed E-state index contributed by atoms with van der Waals surface area (Å²) in [6, 6.07) is 9.12. The zero-order valence-electron chi connectivity index (χ0n) is 20.7. The van der Waals surface area contributed by atoms with Crippen molar-refractivity contribution in [3.63, 3.8) is 0 Å². The van der Waals surface area contributed by atoms with Gasteiger partial charge < -0.3 is 24.5 Å². The highest BCUT2D eigenvalue weighted by Crippen LogP contribution is 2.30. The summed E-state index contributed by atoms with van der Waals surface area (Å²) in [5.41, 5.74) is 1.69. The van der Waals surface area contributed by atoms with Crippen molar-refractivity contribution in [1.29, 1.82) is 5.26 Å². The second-order valence-electron chi connectivity index (χ2n) is 10.0. The van der Waals surface area contributed by atoms with Crippen molar-refractivity contribution in [3.8, 4) is 17.2 Å². The summed E-state index contributed by atoms with van der Waals surface area (Å²) in [5.74, 6) is 0.357. The molecule has 1 aromatic carbocycles. The summed E-state index contributed by atoms with van der Waals surface area (Å²) in [5, 5.41) is 19.8. The molecule has 0 unspecified atom stereocenters. The van der Waals surface area contributed by atoms with Crippen LogP contribution in [-0.4, -0.2) is 82.9 Å². The Morgan fingerprint density at radius 3 is 2.42 bits per heavy atom. The van der Waals surface area contributed by atoms with Gasteiger partial charge >= 0.3 is 6.09 Å². The molecule has 2 amide bonds. The SMILES string of the molecule is CC(C)(C)OC(=O)N1CCN(c2ncc(-c3ccc(C(=O)N4CC[C@@H](O)C4)c(Cl)c3)cc2C#N)CC1. The molecule has 2 aromatic rings. The van der Waals surface area contributed by atoms with E-state index in [1.807, 2.05) is 25.7 Å². The van der Waals surface area contributed by atoms with Crippen LogP contribution in [0.3, 0.4) is 0 Å². The van der Waals surface area contributed by atoms with Crippen LogP contribution in [0.15, 0.2) is 30.5 Å². The molecule has 1 aromatic heterocycles. The molecule has 36 heavy (non-hydrogen) atoms. The first kappa shape index (κ1) is 25.7. The minimum atomic E-state index is -0.551. The topological polar surface area (TPSA) is 110 Å². The van der Waals surface area contributed by atoms with E-state index in [2.05, 4.69) is 11.1 Å². The number of nitriles is 1. The van der Waals surface area contributed by atoms with E-state index in [-0.39, 0.29) is 12.0 Å². The molecule has 190 valence electrons. The van der Waals surface area contributed by atoms with Crippen LogP contribution in [0.4, 0.5) is 10.6 Å². The number of carbonyl (C=O) groups is 2. The summed E-state index contributed by atoms with van der Waals surface area (Å²) in [7, 11) is 0. The van der Waals surface area contributed by atoms with E-state index < -0.39 is 11.7 Å². The highest BCUT2D eigenvalue weighted by Gasteiger charge is 2.28. The lowest BCUT2D eigenvalue weighted by molar-refractivity contribution is 0.0240. The van der Waals surface area contributed by atoms with Gasteiger partial charge in [-0.05, 0) is 51.0 Å². The second-order valence-corrected chi connectivity index (χ2v) is 10.5. The quantitative estimate of drug-likeness (QED) is 0.671. The molecule has 1 atom stereocenters. The third kappa shape index (κ3) is 5.72. The Hall–Kier alpha value is -3.35. The first-order valence-corrected chi connectivity index (χ1v) is 12.3. The highest BCUT2D eigenvalue weighted by molar-refractivity contribution is 6.34. The van der Waals surface area contributed by atoms with Gasteiger partial charge in [-0.15, -0.1) is 0 Å². The monoisotopic (exact) mass is 511 g/mol. The second kappa shape index (κ2) is 10.3. The molecule has 2 aliphatic rings. The van der Waals surface area contributed by atoms with Crippen LogP contribution in [0.2, 0.25) is 5.02 Å². The number of anilines is 1. The van der Waals surface area contributed by atoms with Gasteiger partial charge in [0.05, 0.1) is 22.3 Å². The van der Waals surface area contributed by atoms with Crippen molar-refractivity contribution >= 4 is 29.4 Å². The molecule has 0 spiro atoms. The van der Waals surface area contributed by atoms with E-state index in [9.17, 15) is 20.0 Å². The molecule has 0 radical (unpaired) electrons. The third-order valence-corrected chi connectivity index (χ3v) is 6.51. The average molecular weight is 512 g/mol. The van der Waals surface area contributed by atoms with E-state index in [1.165, 1.54) is 0 Å². The maximum atomic E-state index is 12.8. The van der Waals surface area contributed by atoms with Gasteiger partial charge in [0.25, 0.3) is 5.91 Å². The Morgan fingerprint density at radius 2 is 1.83 bits per heavy atom. The number of aromatic nitrogens is 1. The van der Waals surface area contributed by atoms with Crippen molar-refractivity contribution < 1.29 is 19.4 Å². The van der Waals surface area contributed by atoms with Crippen LogP contribution >= 0.6 is 11.6 Å². The maximum Gasteiger partial charge on any atom is 0.410 e. The van der Waals surface area contributed by atoms with Crippen molar-refractivity contribution in [2.75, 3.05) is 44.2 Å². The largest absolute Gasteiger partial charge is 0.444 e. The molecule has 0 bridgehead atoms. The number of pyridine rings is 1. The number of rotatable bonds is 3. The van der Waals surface area contributed by atoms with Crippen molar-refractivity contribution in [3.05, 3.63) is 46.6 Å². The van der Waals surface area contributed by atoms with Crippen LogP contribution in [0.25, 0.3) is 11.1 Å². The van der Waals surface area contributed by atoms with Gasteiger partial charge in [0.15, 0.2) is 0 Å². The molecule has 9 nitrogen and oxygen atoms in total. The van der Waals surface area contributed by atoms with Gasteiger partial charge in [-0.25, -0.2) is 9.78 Å². The van der Waals surface area contributed by atoms with Crippen LogP contribution in [0.1, 0.15) is 43.1 Å². The normalized spacial score (nSPS) is 18.2. The van der Waals surface area contributed by atoms with Crippen molar-refractivity contribution in [1.82, 2.24) is 14.8 Å². The Morgan fingerprint density at radius 1 is 1.11 bits per heavy atom. The molecule has 10 heteroatoms. The van der Waals surface area contributed by atoms with Gasteiger partial charge in [0, 0.05) is 51.0 Å². The highest BCUT2D eigenvalue weighted by atomic mass is 35.5. The van der Waals surface area contributed by atoms with Crippen LogP contribution in [0.5, 0.6) is 0 Å². The number of ether oxygens (including phenoxy) is 1. The van der Waals surface area contributed by atoms with Gasteiger partial charge in [0.1, 0.15) is 17.5 Å². The van der Waals surface area contributed by atoms with Gasteiger partial charge in [-0.2, -0.15) is 5.26 Å². The number of likely N-dealkylation sites (tertiary alicyclic amines) is 1. The van der Waals surface area contributed by atoms with Gasteiger partial charge in [-0.1, -0.05) is 17.7 Å². The van der Waals surface area contributed by atoms with E-state index in [4.69, 9.17) is 16.3 Å². The first-order chi connectivity index (χ1) is 17.1. The number of benzene rings is 1. The Balaban J connectivity index is 1.47. The predicted molar refractivity (Wildman–Crippen MR) is 136 cm³/mol. The maximum absolute atomic E-state index is 12.8. The zero-order valence-corrected chi connectivity index (χ0v) is 21.5. The molecule has 0 aliphatic carbocycles. The van der Waals surface area contributed by atoms with Gasteiger partial charge in [0.2, 0.25) is 0 Å². The summed E-state index contributed by atoms with van der Waals surface area (Å²) in [4.78, 5) is 34.9. The molecule has 2 aliphatic heterocycles. The lowest BCUT2D eigenvalue weighted by Crippen LogP contribution is -2.50. The number of piperazine rings is 1. The number of aliphatic hydroxyl groups excluding tert-OH is 1. The van der Waals surface area contributed by atoms with E-state index in [1.54, 1.807) is 40.3 Å². The standard InChI is InChI=1S/C26H30ClN5O4/c1-26(2,3)36-25(35)31-10-8-30(9-11-31)23-18(14-28)12-19(15-29-23)17-4-5-21(22(27)13-17)24(34)32-7-6-20(33)16-32/h4-5,12-13,15,20,33H,6-11,16H2,1-3H3/t20-/m1/s1. The number of β-amino-alcohol motifs (C(OH)–C–C–N with tert-alkyl or cyclic N) is 1. The van der Waals surface area contributed by atoms with E-state index in [0.29, 0.717) is 73.2 Å². The lowest BCUT2D eigenvalue weighted by Gasteiger charge is -2.36. The van der Waals surface area contributed by atoms with Gasteiger partial charge in [-0.3, -0.25) is 4.79 Å². The summed E-state index contributed by atoms with van der Waals surface area (Å²) in [6.07, 6.45) is 1.40. The number of hydrogen-bond donors (Lipinski definition) is 1. The lowest BCUT2D eigenvalue weighted by atomic mass is 10.0. The predicted octanol–water partition coefficient (Wildman–Crippen LogP) is 3.54. The summed E-state index contributed by atoms with van der Waals surface area (Å²) < 4.78 is 5.45. The average Bonchev–Trinajstić information content (AvgIpc) is 3.28. The number of halogens is 1. The van der Waals surface area contributed by atoms with Crippen LogP contribution in [-0.2, 0) is 4.74 Å². The Kier molecular flexibility index (Phi) is 7.38. The fourth-order valence-corrected chi connectivity index (χ4v) is 4.60. The molecule has 2 fully saturated rings. The third-order valence-electron chi connectivity index (χ3n) is 6.20. The minimum absolute atomic E-state index is 0.209. The number of amides is 2. The Bertz CT molecular complexity index is 1200. The number of aliphatic hydroxyl groups is 1. The van der Waals surface area contributed by atoms with Crippen LogP contribution in [0, 0.1) is 11.3 Å². The minimum Gasteiger partial charge on any atom is -0.444 e. The first-order valence-electron chi connectivity index (χ1n) is 12.0. The van der Waals surface area contributed by atoms with E-state index in [0.717, 1.165) is 5.56 Å².